The first kappa shape index (κ1) is 26.1. The fourth-order valence-electron chi connectivity index (χ4n) is 3.73. The zero-order valence-electron chi connectivity index (χ0n) is 21.6. The van der Waals surface area contributed by atoms with Gasteiger partial charge in [0.15, 0.2) is 0 Å². The van der Waals surface area contributed by atoms with Gasteiger partial charge < -0.3 is 19.9 Å². The number of anilines is 3. The van der Waals surface area contributed by atoms with Crippen LogP contribution in [0, 0.1) is 12.8 Å². The molecule has 2 heterocycles. The standard InChI is InChI=1S/C27H36N6O2/c1-8-20(15-23(28-5)18(2)3)26(34)29-21-10-9-19(4)22(16-21)24-17-25(31-27(30-24)32(6)7)33-11-13-35-14-12-33/h8-10,15-18H,5,11-14H2,1-4,6-7H3,(H,29,34)/b20-8+,23-15-. The Kier molecular flexibility index (Phi) is 8.76. The minimum Gasteiger partial charge on any atom is -0.378 e. The highest BCUT2D eigenvalue weighted by Crippen LogP contribution is 2.30. The number of hydrogen-bond donors (Lipinski definition) is 1. The van der Waals surface area contributed by atoms with Crippen molar-refractivity contribution in [1.29, 1.82) is 0 Å². The molecule has 0 atom stereocenters. The molecule has 1 fully saturated rings. The molecule has 0 saturated carbocycles. The molecule has 1 aromatic carbocycles. The number of allylic oxidation sites excluding steroid dienone is 2. The molecular formula is C27H36N6O2. The van der Waals surface area contributed by atoms with Gasteiger partial charge in [-0.1, -0.05) is 26.0 Å². The number of aromatic nitrogens is 2. The number of aliphatic imine (C=N–C) groups is 1. The van der Waals surface area contributed by atoms with E-state index in [1.165, 1.54) is 0 Å². The van der Waals surface area contributed by atoms with E-state index >= 15 is 0 Å². The molecule has 0 spiro atoms. The Morgan fingerprint density at radius 3 is 2.54 bits per heavy atom. The smallest absolute Gasteiger partial charge is 0.255 e. The van der Waals surface area contributed by atoms with E-state index in [2.05, 4.69) is 21.9 Å². The molecule has 1 saturated heterocycles. The second-order valence-electron chi connectivity index (χ2n) is 9.02. The fraction of sp³-hybridized carbons (Fsp3) is 0.407. The maximum Gasteiger partial charge on any atom is 0.255 e. The third kappa shape index (κ3) is 6.54. The number of morpholine rings is 1. The Balaban J connectivity index is 1.95. The van der Waals surface area contributed by atoms with Crippen molar-refractivity contribution >= 4 is 30.1 Å². The molecule has 1 aliphatic heterocycles. The lowest BCUT2D eigenvalue weighted by molar-refractivity contribution is -0.112. The zero-order chi connectivity index (χ0) is 25.5. The number of carbonyl (C=O) groups is 1. The summed E-state index contributed by atoms with van der Waals surface area (Å²) in [6, 6.07) is 7.87. The lowest BCUT2D eigenvalue weighted by Gasteiger charge is -2.29. The highest BCUT2D eigenvalue weighted by Gasteiger charge is 2.18. The second-order valence-corrected chi connectivity index (χ2v) is 9.02. The van der Waals surface area contributed by atoms with E-state index in [1.807, 2.05) is 71.0 Å². The number of benzene rings is 1. The minimum atomic E-state index is -0.199. The van der Waals surface area contributed by atoms with Crippen LogP contribution in [0.2, 0.25) is 0 Å². The van der Waals surface area contributed by atoms with Crippen molar-refractivity contribution < 1.29 is 9.53 Å². The SMILES string of the molecule is C=N/C(=C\C(=C/C)C(=O)Nc1ccc(C)c(-c2cc(N3CCOCC3)nc(N(C)C)n2)c1)C(C)C. The van der Waals surface area contributed by atoms with E-state index in [9.17, 15) is 4.79 Å². The molecule has 1 aliphatic rings. The van der Waals surface area contributed by atoms with E-state index in [0.29, 0.717) is 30.4 Å². The van der Waals surface area contributed by atoms with Crippen molar-refractivity contribution in [2.24, 2.45) is 10.9 Å². The third-order valence-electron chi connectivity index (χ3n) is 5.86. The maximum absolute atomic E-state index is 13.0. The van der Waals surface area contributed by atoms with Crippen LogP contribution >= 0.6 is 0 Å². The Hall–Kier alpha value is -3.52. The van der Waals surface area contributed by atoms with Gasteiger partial charge in [0.05, 0.1) is 18.9 Å². The summed E-state index contributed by atoms with van der Waals surface area (Å²) in [6.07, 6.45) is 3.56. The predicted molar refractivity (Wildman–Crippen MR) is 144 cm³/mol. The number of amides is 1. The van der Waals surface area contributed by atoms with Crippen LogP contribution < -0.4 is 15.1 Å². The molecule has 8 heteroatoms. The molecule has 0 aliphatic carbocycles. The van der Waals surface area contributed by atoms with Gasteiger partial charge in [0.1, 0.15) is 5.82 Å². The van der Waals surface area contributed by atoms with Crippen LogP contribution in [0.25, 0.3) is 11.3 Å². The molecule has 3 rings (SSSR count). The summed E-state index contributed by atoms with van der Waals surface area (Å²) >= 11 is 0. The first-order valence-corrected chi connectivity index (χ1v) is 11.9. The molecular weight excluding hydrogens is 440 g/mol. The van der Waals surface area contributed by atoms with Crippen molar-refractivity contribution in [3.63, 3.8) is 0 Å². The molecule has 1 N–H and O–H groups in total. The first-order chi connectivity index (χ1) is 16.7. The third-order valence-corrected chi connectivity index (χ3v) is 5.86. The number of hydrogen-bond acceptors (Lipinski definition) is 7. The second kappa shape index (κ2) is 11.8. The van der Waals surface area contributed by atoms with Gasteiger partial charge in [0.25, 0.3) is 5.91 Å². The monoisotopic (exact) mass is 476 g/mol. The summed E-state index contributed by atoms with van der Waals surface area (Å²) in [6.45, 7) is 14.5. The molecule has 186 valence electrons. The van der Waals surface area contributed by atoms with Gasteiger partial charge in [-0.05, 0) is 50.3 Å². The molecule has 8 nitrogen and oxygen atoms in total. The zero-order valence-corrected chi connectivity index (χ0v) is 21.6. The van der Waals surface area contributed by atoms with E-state index in [0.717, 1.165) is 41.4 Å². The van der Waals surface area contributed by atoms with Gasteiger partial charge in [-0.15, -0.1) is 0 Å². The van der Waals surface area contributed by atoms with Crippen molar-refractivity contribution in [2.45, 2.75) is 27.7 Å². The van der Waals surface area contributed by atoms with Crippen LogP contribution in [0.4, 0.5) is 17.5 Å². The quantitative estimate of drug-likeness (QED) is 0.344. The molecule has 2 aromatic rings. The number of nitrogens with zero attached hydrogens (tertiary/aromatic N) is 5. The van der Waals surface area contributed by atoms with Crippen molar-refractivity contribution in [1.82, 2.24) is 9.97 Å². The number of ether oxygens (including phenoxy) is 1. The highest BCUT2D eigenvalue weighted by molar-refractivity contribution is 6.06. The number of carbonyl (C=O) groups excluding carboxylic acids is 1. The first-order valence-electron chi connectivity index (χ1n) is 11.9. The summed E-state index contributed by atoms with van der Waals surface area (Å²) in [4.78, 5) is 30.8. The average molecular weight is 477 g/mol. The van der Waals surface area contributed by atoms with Crippen LogP contribution in [-0.4, -0.2) is 63.0 Å². The van der Waals surface area contributed by atoms with Crippen molar-refractivity contribution in [3.05, 3.63) is 53.3 Å². The molecule has 0 unspecified atom stereocenters. The fourth-order valence-corrected chi connectivity index (χ4v) is 3.73. The van der Waals surface area contributed by atoms with Gasteiger partial charge in [0, 0.05) is 55.8 Å². The maximum atomic E-state index is 13.0. The summed E-state index contributed by atoms with van der Waals surface area (Å²) in [5.74, 6) is 1.48. The topological polar surface area (TPSA) is 83.0 Å². The largest absolute Gasteiger partial charge is 0.378 e. The molecule has 35 heavy (non-hydrogen) atoms. The van der Waals surface area contributed by atoms with Crippen molar-refractivity contribution in [3.8, 4) is 11.3 Å². The molecule has 0 bridgehead atoms. The Morgan fingerprint density at radius 1 is 1.23 bits per heavy atom. The Morgan fingerprint density at radius 2 is 1.94 bits per heavy atom. The number of aryl methyl sites for hydroxylation is 1. The Bertz CT molecular complexity index is 1130. The normalized spacial score (nSPS) is 14.8. The van der Waals surface area contributed by atoms with Crippen LogP contribution in [0.1, 0.15) is 26.3 Å². The van der Waals surface area contributed by atoms with E-state index in [-0.39, 0.29) is 11.8 Å². The summed E-state index contributed by atoms with van der Waals surface area (Å²) in [5, 5.41) is 3.02. The highest BCUT2D eigenvalue weighted by atomic mass is 16.5. The Labute approximate surface area is 208 Å². The summed E-state index contributed by atoms with van der Waals surface area (Å²) in [7, 11) is 3.86. The van der Waals surface area contributed by atoms with Crippen LogP contribution in [0.5, 0.6) is 0 Å². The van der Waals surface area contributed by atoms with Gasteiger partial charge in [-0.3, -0.25) is 9.79 Å². The van der Waals surface area contributed by atoms with Crippen LogP contribution in [-0.2, 0) is 9.53 Å². The minimum absolute atomic E-state index is 0.172. The van der Waals surface area contributed by atoms with Gasteiger partial charge in [0.2, 0.25) is 5.95 Å². The van der Waals surface area contributed by atoms with Crippen LogP contribution in [0.3, 0.4) is 0 Å². The molecule has 1 aromatic heterocycles. The van der Waals surface area contributed by atoms with Crippen molar-refractivity contribution in [2.75, 3.05) is 55.5 Å². The lowest BCUT2D eigenvalue weighted by Crippen LogP contribution is -2.37. The number of rotatable bonds is 8. The molecule has 1 amide bonds. The number of nitrogens with one attached hydrogen (secondary N) is 1. The average Bonchev–Trinajstić information content (AvgIpc) is 2.85. The van der Waals surface area contributed by atoms with E-state index < -0.39 is 0 Å². The summed E-state index contributed by atoms with van der Waals surface area (Å²) < 4.78 is 5.50. The predicted octanol–water partition coefficient (Wildman–Crippen LogP) is 4.48. The summed E-state index contributed by atoms with van der Waals surface area (Å²) in [5.41, 5.74) is 4.81. The lowest BCUT2D eigenvalue weighted by atomic mass is 10.0. The van der Waals surface area contributed by atoms with Gasteiger partial charge in [-0.25, -0.2) is 4.98 Å². The van der Waals surface area contributed by atoms with Gasteiger partial charge in [-0.2, -0.15) is 4.98 Å². The van der Waals surface area contributed by atoms with Crippen LogP contribution in [0.15, 0.2) is 52.7 Å². The molecule has 0 radical (unpaired) electrons. The van der Waals surface area contributed by atoms with Gasteiger partial charge >= 0.3 is 0 Å². The van der Waals surface area contributed by atoms with E-state index in [1.54, 1.807) is 12.2 Å². The van der Waals surface area contributed by atoms with E-state index in [4.69, 9.17) is 14.7 Å².